The summed E-state index contributed by atoms with van der Waals surface area (Å²) in [6, 6.07) is 13.3. The fraction of sp³-hybridized carbons (Fsp3) is 0.200. The lowest BCUT2D eigenvalue weighted by atomic mass is 10.1. The van der Waals surface area contributed by atoms with Crippen molar-refractivity contribution in [3.8, 4) is 11.5 Å². The van der Waals surface area contributed by atoms with Gasteiger partial charge in [-0.2, -0.15) is 0 Å². The van der Waals surface area contributed by atoms with Crippen molar-refractivity contribution in [1.29, 1.82) is 0 Å². The van der Waals surface area contributed by atoms with Crippen LogP contribution in [-0.4, -0.2) is 17.4 Å². The van der Waals surface area contributed by atoms with Gasteiger partial charge in [-0.05, 0) is 43.2 Å². The highest BCUT2D eigenvalue weighted by molar-refractivity contribution is 6.32. The third kappa shape index (κ3) is 4.10. The van der Waals surface area contributed by atoms with E-state index in [2.05, 4.69) is 6.07 Å². The van der Waals surface area contributed by atoms with Gasteiger partial charge in [0.2, 0.25) is 0 Å². The Morgan fingerprint density at radius 2 is 1.65 bits per heavy atom. The van der Waals surface area contributed by atoms with Crippen LogP contribution >= 0.6 is 0 Å². The van der Waals surface area contributed by atoms with Gasteiger partial charge in [-0.3, -0.25) is 0 Å². The molecule has 2 aromatic carbocycles. The first-order valence-electron chi connectivity index (χ1n) is 6.36. The molecule has 0 aliphatic heterocycles. The molecule has 0 saturated carbocycles. The van der Waals surface area contributed by atoms with Gasteiger partial charge in [-0.25, -0.2) is 0 Å². The highest BCUT2D eigenvalue weighted by Gasteiger charge is 2.11. The highest BCUT2D eigenvalue weighted by atomic mass is 16.6. The standard InChI is InChI=1S/C15H17BO4/c1-11-7-12(2)9-14(8-11)20-15-6-4-3-5-13(15)10-19-16(17)18/h3-9,17-18H,10H2,1-2H3. The lowest BCUT2D eigenvalue weighted by molar-refractivity contribution is 0.175. The van der Waals surface area contributed by atoms with Crippen molar-refractivity contribution < 1.29 is 19.4 Å². The molecule has 2 rings (SSSR count). The van der Waals surface area contributed by atoms with Gasteiger partial charge in [0.25, 0.3) is 0 Å². The predicted octanol–water partition coefficient (Wildman–Crippen LogP) is 2.58. The average Bonchev–Trinajstić information content (AvgIpc) is 2.36. The van der Waals surface area contributed by atoms with Crippen LogP contribution in [0.1, 0.15) is 16.7 Å². The maximum absolute atomic E-state index is 8.76. The third-order valence-corrected chi connectivity index (χ3v) is 2.78. The van der Waals surface area contributed by atoms with Gasteiger partial charge in [0.1, 0.15) is 11.5 Å². The first-order valence-corrected chi connectivity index (χ1v) is 6.36. The number of hydrogen-bond acceptors (Lipinski definition) is 4. The van der Waals surface area contributed by atoms with E-state index in [4.69, 9.17) is 19.4 Å². The van der Waals surface area contributed by atoms with Crippen LogP contribution in [0.25, 0.3) is 0 Å². The minimum absolute atomic E-state index is 0.0681. The van der Waals surface area contributed by atoms with Crippen LogP contribution in [0.15, 0.2) is 42.5 Å². The Hall–Kier alpha value is -1.82. The van der Waals surface area contributed by atoms with E-state index >= 15 is 0 Å². The van der Waals surface area contributed by atoms with E-state index in [0.717, 1.165) is 22.4 Å². The summed E-state index contributed by atoms with van der Waals surface area (Å²) >= 11 is 0. The van der Waals surface area contributed by atoms with E-state index < -0.39 is 7.32 Å². The van der Waals surface area contributed by atoms with E-state index in [0.29, 0.717) is 5.75 Å². The van der Waals surface area contributed by atoms with Gasteiger partial charge in [0.15, 0.2) is 0 Å². The molecule has 0 radical (unpaired) electrons. The van der Waals surface area contributed by atoms with Crippen molar-refractivity contribution in [2.45, 2.75) is 20.5 Å². The van der Waals surface area contributed by atoms with Gasteiger partial charge < -0.3 is 19.4 Å². The molecule has 20 heavy (non-hydrogen) atoms. The second-order valence-corrected chi connectivity index (χ2v) is 4.67. The molecule has 0 unspecified atom stereocenters. The van der Waals surface area contributed by atoms with Crippen LogP contribution in [-0.2, 0) is 11.3 Å². The quantitative estimate of drug-likeness (QED) is 0.821. The van der Waals surface area contributed by atoms with Crippen LogP contribution in [0.2, 0.25) is 0 Å². The number of benzene rings is 2. The largest absolute Gasteiger partial charge is 0.634 e. The van der Waals surface area contributed by atoms with Gasteiger partial charge in [0.05, 0.1) is 6.61 Å². The van der Waals surface area contributed by atoms with E-state index in [1.807, 2.05) is 50.2 Å². The lowest BCUT2D eigenvalue weighted by Gasteiger charge is -2.12. The Morgan fingerprint density at radius 3 is 2.30 bits per heavy atom. The number of ether oxygens (including phenoxy) is 1. The smallest absolute Gasteiger partial charge is 0.457 e. The van der Waals surface area contributed by atoms with Crippen LogP contribution in [0.3, 0.4) is 0 Å². The summed E-state index contributed by atoms with van der Waals surface area (Å²) in [4.78, 5) is 0. The summed E-state index contributed by atoms with van der Waals surface area (Å²) in [5.74, 6) is 1.39. The monoisotopic (exact) mass is 272 g/mol. The maximum Gasteiger partial charge on any atom is 0.634 e. The number of hydrogen-bond donors (Lipinski definition) is 2. The first kappa shape index (κ1) is 14.6. The van der Waals surface area contributed by atoms with E-state index in [1.165, 1.54) is 0 Å². The molecule has 0 bridgehead atoms. The summed E-state index contributed by atoms with van der Waals surface area (Å²) in [7, 11) is -1.79. The predicted molar refractivity (Wildman–Crippen MR) is 77.4 cm³/mol. The maximum atomic E-state index is 8.76. The number of para-hydroxylation sites is 1. The zero-order valence-electron chi connectivity index (χ0n) is 11.5. The molecule has 104 valence electrons. The molecular weight excluding hydrogens is 255 g/mol. The van der Waals surface area contributed by atoms with E-state index in [-0.39, 0.29) is 6.61 Å². The minimum Gasteiger partial charge on any atom is -0.457 e. The Kier molecular flexibility index (Phi) is 4.79. The van der Waals surface area contributed by atoms with Gasteiger partial charge in [0, 0.05) is 5.56 Å². The van der Waals surface area contributed by atoms with Crippen molar-refractivity contribution in [2.75, 3.05) is 0 Å². The zero-order valence-corrected chi connectivity index (χ0v) is 11.5. The third-order valence-electron chi connectivity index (χ3n) is 2.78. The Labute approximate surface area is 118 Å². The van der Waals surface area contributed by atoms with Crippen LogP contribution in [0, 0.1) is 13.8 Å². The molecule has 0 aliphatic carbocycles. The molecule has 0 heterocycles. The summed E-state index contributed by atoms with van der Waals surface area (Å²) in [5.41, 5.74) is 3.00. The average molecular weight is 272 g/mol. The molecule has 0 saturated heterocycles. The molecule has 5 heteroatoms. The second kappa shape index (κ2) is 6.57. The summed E-state index contributed by atoms with van der Waals surface area (Å²) in [5, 5.41) is 17.5. The van der Waals surface area contributed by atoms with Gasteiger partial charge in [-0.15, -0.1) is 0 Å². The summed E-state index contributed by atoms with van der Waals surface area (Å²) in [6.45, 7) is 4.09. The zero-order chi connectivity index (χ0) is 14.5. The van der Waals surface area contributed by atoms with Crippen LogP contribution < -0.4 is 4.74 Å². The SMILES string of the molecule is Cc1cc(C)cc(Oc2ccccc2COB(O)O)c1. The molecule has 0 aromatic heterocycles. The molecule has 0 fully saturated rings. The van der Waals surface area contributed by atoms with Gasteiger partial charge >= 0.3 is 7.32 Å². The van der Waals surface area contributed by atoms with Crippen LogP contribution in [0.4, 0.5) is 0 Å². The van der Waals surface area contributed by atoms with Crippen LogP contribution in [0.5, 0.6) is 11.5 Å². The minimum atomic E-state index is -1.79. The molecule has 2 aromatic rings. The molecule has 0 atom stereocenters. The Bertz CT molecular complexity index is 564. The topological polar surface area (TPSA) is 58.9 Å². The summed E-state index contributed by atoms with van der Waals surface area (Å²) in [6.07, 6.45) is 0. The number of aryl methyl sites for hydroxylation is 2. The van der Waals surface area contributed by atoms with E-state index in [1.54, 1.807) is 0 Å². The first-order chi connectivity index (χ1) is 9.54. The van der Waals surface area contributed by atoms with E-state index in [9.17, 15) is 0 Å². The number of rotatable bonds is 5. The fourth-order valence-electron chi connectivity index (χ4n) is 2.01. The molecular formula is C15H17BO4. The second-order valence-electron chi connectivity index (χ2n) is 4.67. The molecule has 0 amide bonds. The van der Waals surface area contributed by atoms with Crippen molar-refractivity contribution in [3.05, 3.63) is 59.2 Å². The van der Waals surface area contributed by atoms with Crippen molar-refractivity contribution in [2.24, 2.45) is 0 Å². The van der Waals surface area contributed by atoms with Crippen molar-refractivity contribution in [1.82, 2.24) is 0 Å². The highest BCUT2D eigenvalue weighted by Crippen LogP contribution is 2.27. The Morgan fingerprint density at radius 1 is 1.00 bits per heavy atom. The van der Waals surface area contributed by atoms with Crippen molar-refractivity contribution >= 4 is 7.32 Å². The Balaban J connectivity index is 2.20. The fourth-order valence-corrected chi connectivity index (χ4v) is 2.01. The normalized spacial score (nSPS) is 10.4. The molecule has 4 nitrogen and oxygen atoms in total. The summed E-state index contributed by atoms with van der Waals surface area (Å²) < 4.78 is 10.6. The molecule has 2 N–H and O–H groups in total. The lowest BCUT2D eigenvalue weighted by Crippen LogP contribution is -2.16. The van der Waals surface area contributed by atoms with Crippen molar-refractivity contribution in [3.63, 3.8) is 0 Å². The molecule has 0 spiro atoms. The molecule has 0 aliphatic rings. The van der Waals surface area contributed by atoms with Gasteiger partial charge in [-0.1, -0.05) is 24.3 Å².